The molecule has 0 aliphatic rings. The summed E-state index contributed by atoms with van der Waals surface area (Å²) in [6, 6.07) is 8.86. The van der Waals surface area contributed by atoms with E-state index >= 15 is 0 Å². The summed E-state index contributed by atoms with van der Waals surface area (Å²) in [5.74, 6) is 0.780. The van der Waals surface area contributed by atoms with Gasteiger partial charge in [0.2, 0.25) is 5.95 Å². The van der Waals surface area contributed by atoms with Crippen LogP contribution in [-0.4, -0.2) is 43.3 Å². The Hall–Kier alpha value is -2.67. The molecule has 122 valence electrons. The van der Waals surface area contributed by atoms with Crippen LogP contribution < -0.4 is 10.6 Å². The Morgan fingerprint density at radius 1 is 1.22 bits per heavy atom. The standard InChI is InChI=1S/C16H20N4O3/c1-11-9-14(20-16(18-11)17-7-8-22-2)19-13-6-4-5-12(10-13)15(21)23-3/h4-6,9-10H,7-8H2,1-3H3,(H2,17,18,19,20). The highest BCUT2D eigenvalue weighted by Crippen LogP contribution is 2.18. The molecule has 0 radical (unpaired) electrons. The smallest absolute Gasteiger partial charge is 0.337 e. The Balaban J connectivity index is 2.14. The molecule has 0 atom stereocenters. The monoisotopic (exact) mass is 316 g/mol. The molecule has 0 spiro atoms. The average Bonchev–Trinajstić information content (AvgIpc) is 2.54. The van der Waals surface area contributed by atoms with E-state index in [0.717, 1.165) is 11.4 Å². The van der Waals surface area contributed by atoms with Crippen molar-refractivity contribution in [2.45, 2.75) is 6.92 Å². The average molecular weight is 316 g/mol. The number of rotatable bonds is 7. The van der Waals surface area contributed by atoms with Gasteiger partial charge < -0.3 is 20.1 Å². The van der Waals surface area contributed by atoms with E-state index in [9.17, 15) is 4.79 Å². The van der Waals surface area contributed by atoms with E-state index in [-0.39, 0.29) is 5.97 Å². The molecule has 0 saturated carbocycles. The minimum Gasteiger partial charge on any atom is -0.465 e. The van der Waals surface area contributed by atoms with E-state index in [1.54, 1.807) is 25.3 Å². The SMILES string of the molecule is COCCNc1nc(C)cc(Nc2cccc(C(=O)OC)c2)n1. The van der Waals surface area contributed by atoms with Gasteiger partial charge in [-0.2, -0.15) is 4.98 Å². The Morgan fingerprint density at radius 3 is 2.78 bits per heavy atom. The maximum absolute atomic E-state index is 11.6. The van der Waals surface area contributed by atoms with Crippen molar-refractivity contribution in [3.63, 3.8) is 0 Å². The maximum atomic E-state index is 11.6. The van der Waals surface area contributed by atoms with Crippen molar-refractivity contribution in [3.8, 4) is 0 Å². The molecule has 0 bridgehead atoms. The molecule has 23 heavy (non-hydrogen) atoms. The lowest BCUT2D eigenvalue weighted by atomic mass is 10.2. The van der Waals surface area contributed by atoms with Crippen LogP contribution in [0.1, 0.15) is 16.1 Å². The fraction of sp³-hybridized carbons (Fsp3) is 0.312. The molecular formula is C16H20N4O3. The topological polar surface area (TPSA) is 85.4 Å². The second-order valence-electron chi connectivity index (χ2n) is 4.84. The second-order valence-corrected chi connectivity index (χ2v) is 4.84. The Kier molecular flexibility index (Phi) is 5.87. The van der Waals surface area contributed by atoms with E-state index < -0.39 is 0 Å². The molecule has 0 fully saturated rings. The summed E-state index contributed by atoms with van der Waals surface area (Å²) >= 11 is 0. The largest absolute Gasteiger partial charge is 0.465 e. The lowest BCUT2D eigenvalue weighted by Gasteiger charge is -2.10. The highest BCUT2D eigenvalue weighted by Gasteiger charge is 2.07. The number of anilines is 3. The molecule has 2 aromatic rings. The van der Waals surface area contributed by atoms with Crippen molar-refractivity contribution in [2.24, 2.45) is 0 Å². The van der Waals surface area contributed by atoms with Gasteiger partial charge in [-0.3, -0.25) is 0 Å². The Morgan fingerprint density at radius 2 is 2.04 bits per heavy atom. The number of methoxy groups -OCH3 is 2. The van der Waals surface area contributed by atoms with Gasteiger partial charge in [-0.05, 0) is 25.1 Å². The van der Waals surface area contributed by atoms with Gasteiger partial charge in [0.15, 0.2) is 0 Å². The zero-order valence-corrected chi connectivity index (χ0v) is 13.4. The van der Waals surface area contributed by atoms with Gasteiger partial charge in [-0.15, -0.1) is 0 Å². The summed E-state index contributed by atoms with van der Waals surface area (Å²) in [6.45, 7) is 3.08. The zero-order valence-electron chi connectivity index (χ0n) is 13.4. The van der Waals surface area contributed by atoms with Crippen molar-refractivity contribution in [2.75, 3.05) is 38.0 Å². The molecule has 1 heterocycles. The Labute approximate surface area is 135 Å². The minimum atomic E-state index is -0.380. The minimum absolute atomic E-state index is 0.380. The van der Waals surface area contributed by atoms with Crippen LogP contribution in [0.15, 0.2) is 30.3 Å². The van der Waals surface area contributed by atoms with Gasteiger partial charge in [0.25, 0.3) is 0 Å². The molecule has 1 aromatic heterocycles. The van der Waals surface area contributed by atoms with Gasteiger partial charge in [0.1, 0.15) is 5.82 Å². The predicted molar refractivity (Wildman–Crippen MR) is 88.2 cm³/mol. The first kappa shape index (κ1) is 16.7. The third kappa shape index (κ3) is 4.93. The number of ether oxygens (including phenoxy) is 2. The van der Waals surface area contributed by atoms with Crippen LogP contribution in [0, 0.1) is 6.92 Å². The van der Waals surface area contributed by atoms with Gasteiger partial charge in [-0.1, -0.05) is 6.07 Å². The molecule has 0 saturated heterocycles. The van der Waals surface area contributed by atoms with Crippen LogP contribution >= 0.6 is 0 Å². The van der Waals surface area contributed by atoms with Gasteiger partial charge in [0.05, 0.1) is 19.3 Å². The number of benzene rings is 1. The molecule has 0 amide bonds. The molecule has 2 N–H and O–H groups in total. The summed E-state index contributed by atoms with van der Waals surface area (Å²) in [5, 5.41) is 6.25. The zero-order chi connectivity index (χ0) is 16.7. The molecule has 7 nitrogen and oxygen atoms in total. The summed E-state index contributed by atoms with van der Waals surface area (Å²) in [4.78, 5) is 20.3. The third-order valence-corrected chi connectivity index (χ3v) is 3.00. The Bertz CT molecular complexity index is 676. The number of aromatic nitrogens is 2. The van der Waals surface area contributed by atoms with E-state index in [2.05, 4.69) is 20.6 Å². The van der Waals surface area contributed by atoms with Gasteiger partial charge in [0, 0.05) is 31.1 Å². The number of nitrogens with zero attached hydrogens (tertiary/aromatic N) is 2. The number of aryl methyl sites for hydroxylation is 1. The fourth-order valence-electron chi connectivity index (χ4n) is 1.97. The van der Waals surface area contributed by atoms with Gasteiger partial charge >= 0.3 is 5.97 Å². The number of hydrogen-bond acceptors (Lipinski definition) is 7. The molecule has 0 aliphatic heterocycles. The number of esters is 1. The number of hydrogen-bond donors (Lipinski definition) is 2. The first-order valence-corrected chi connectivity index (χ1v) is 7.16. The normalized spacial score (nSPS) is 10.2. The lowest BCUT2D eigenvalue weighted by molar-refractivity contribution is 0.0601. The van der Waals surface area contributed by atoms with E-state index in [0.29, 0.717) is 30.5 Å². The van der Waals surface area contributed by atoms with Crippen LogP contribution in [0.25, 0.3) is 0 Å². The number of nitrogens with one attached hydrogen (secondary N) is 2. The molecule has 0 aliphatic carbocycles. The summed E-state index contributed by atoms with van der Waals surface area (Å²) in [6.07, 6.45) is 0. The lowest BCUT2D eigenvalue weighted by Crippen LogP contribution is -2.11. The first-order valence-electron chi connectivity index (χ1n) is 7.16. The molecule has 0 unspecified atom stereocenters. The van der Waals surface area contributed by atoms with E-state index in [1.165, 1.54) is 7.11 Å². The quantitative estimate of drug-likeness (QED) is 0.599. The number of carbonyl (C=O) groups is 1. The second kappa shape index (κ2) is 8.09. The van der Waals surface area contributed by atoms with Crippen LogP contribution in [0.3, 0.4) is 0 Å². The van der Waals surface area contributed by atoms with E-state index in [1.807, 2.05) is 19.1 Å². The van der Waals surface area contributed by atoms with Crippen molar-refractivity contribution in [1.82, 2.24) is 9.97 Å². The first-order chi connectivity index (χ1) is 11.1. The molecule has 2 rings (SSSR count). The highest BCUT2D eigenvalue weighted by molar-refractivity contribution is 5.90. The van der Waals surface area contributed by atoms with Crippen molar-refractivity contribution in [1.29, 1.82) is 0 Å². The summed E-state index contributed by atoms with van der Waals surface area (Å²) in [5.41, 5.74) is 2.04. The van der Waals surface area contributed by atoms with Crippen molar-refractivity contribution >= 4 is 23.4 Å². The predicted octanol–water partition coefficient (Wildman–Crippen LogP) is 2.37. The molecular weight excluding hydrogens is 296 g/mol. The van der Waals surface area contributed by atoms with Crippen LogP contribution in [0.2, 0.25) is 0 Å². The molecule has 7 heteroatoms. The number of carbonyl (C=O) groups excluding carboxylic acids is 1. The van der Waals surface area contributed by atoms with Crippen LogP contribution in [-0.2, 0) is 9.47 Å². The van der Waals surface area contributed by atoms with Crippen LogP contribution in [0.4, 0.5) is 17.5 Å². The highest BCUT2D eigenvalue weighted by atomic mass is 16.5. The summed E-state index contributed by atoms with van der Waals surface area (Å²) < 4.78 is 9.71. The van der Waals surface area contributed by atoms with Crippen LogP contribution in [0.5, 0.6) is 0 Å². The van der Waals surface area contributed by atoms with Crippen molar-refractivity contribution < 1.29 is 14.3 Å². The fourth-order valence-corrected chi connectivity index (χ4v) is 1.97. The maximum Gasteiger partial charge on any atom is 0.337 e. The summed E-state index contributed by atoms with van der Waals surface area (Å²) in [7, 11) is 2.99. The third-order valence-electron chi connectivity index (χ3n) is 3.00. The van der Waals surface area contributed by atoms with Crippen molar-refractivity contribution in [3.05, 3.63) is 41.6 Å². The van der Waals surface area contributed by atoms with E-state index in [4.69, 9.17) is 9.47 Å². The molecule has 1 aromatic carbocycles. The van der Waals surface area contributed by atoms with Gasteiger partial charge in [-0.25, -0.2) is 9.78 Å².